The number of pyridine rings is 2. The van der Waals surface area contributed by atoms with Crippen LogP contribution in [0.15, 0.2) is 67.0 Å². The van der Waals surface area contributed by atoms with E-state index in [1.807, 2.05) is 36.4 Å². The van der Waals surface area contributed by atoms with E-state index in [4.69, 9.17) is 23.2 Å². The molecule has 4 aromatic rings. The highest BCUT2D eigenvalue weighted by molar-refractivity contribution is 7.19. The van der Waals surface area contributed by atoms with Gasteiger partial charge in [0.15, 0.2) is 5.13 Å². The van der Waals surface area contributed by atoms with Gasteiger partial charge in [0.25, 0.3) is 5.91 Å². The van der Waals surface area contributed by atoms with Crippen LogP contribution < -0.4 is 5.32 Å². The first kappa shape index (κ1) is 18.6. The third-order valence-corrected chi connectivity index (χ3v) is 5.57. The maximum Gasteiger partial charge on any atom is 0.257 e. The Balaban J connectivity index is 1.71. The number of thiazole rings is 1. The van der Waals surface area contributed by atoms with E-state index in [-0.39, 0.29) is 5.91 Å². The van der Waals surface area contributed by atoms with Crippen molar-refractivity contribution in [2.24, 2.45) is 0 Å². The molecule has 0 aliphatic rings. The van der Waals surface area contributed by atoms with Gasteiger partial charge in [0.2, 0.25) is 0 Å². The van der Waals surface area contributed by atoms with Crippen molar-refractivity contribution < 1.29 is 4.79 Å². The number of hydrogen-bond acceptors (Lipinski definition) is 5. The van der Waals surface area contributed by atoms with Crippen molar-refractivity contribution in [2.45, 2.75) is 0 Å². The van der Waals surface area contributed by atoms with E-state index in [0.717, 1.165) is 10.6 Å². The molecule has 3 heterocycles. The lowest BCUT2D eigenvalue weighted by atomic mass is 10.2. The van der Waals surface area contributed by atoms with Gasteiger partial charge in [-0.05, 0) is 42.5 Å². The van der Waals surface area contributed by atoms with E-state index >= 15 is 0 Å². The van der Waals surface area contributed by atoms with Gasteiger partial charge in [0.1, 0.15) is 5.69 Å². The quantitative estimate of drug-likeness (QED) is 0.445. The summed E-state index contributed by atoms with van der Waals surface area (Å²) in [5.41, 5.74) is 2.52. The highest BCUT2D eigenvalue weighted by Gasteiger charge is 2.18. The molecular weight excluding hydrogens is 415 g/mol. The van der Waals surface area contributed by atoms with Crippen molar-refractivity contribution >= 4 is 45.6 Å². The van der Waals surface area contributed by atoms with E-state index in [1.165, 1.54) is 17.4 Å². The second-order valence-electron chi connectivity index (χ2n) is 5.71. The molecule has 8 heteroatoms. The average molecular weight is 427 g/mol. The summed E-state index contributed by atoms with van der Waals surface area (Å²) in [5, 5.41) is 3.97. The highest BCUT2D eigenvalue weighted by Crippen LogP contribution is 2.37. The number of rotatable bonds is 4. The number of halogens is 2. The number of nitrogens with zero attached hydrogens (tertiary/aromatic N) is 3. The molecule has 28 heavy (non-hydrogen) atoms. The lowest BCUT2D eigenvalue weighted by Crippen LogP contribution is -2.11. The Kier molecular flexibility index (Phi) is 5.34. The normalized spacial score (nSPS) is 10.6. The van der Waals surface area contributed by atoms with Gasteiger partial charge < -0.3 is 0 Å². The molecule has 0 radical (unpaired) electrons. The lowest BCUT2D eigenvalue weighted by molar-refractivity contribution is 0.102. The van der Waals surface area contributed by atoms with E-state index < -0.39 is 0 Å². The Bertz CT molecular complexity index is 1080. The van der Waals surface area contributed by atoms with Crippen LogP contribution in [0.2, 0.25) is 10.0 Å². The molecule has 1 aromatic carbocycles. The summed E-state index contributed by atoms with van der Waals surface area (Å²) in [6.07, 6.45) is 3.41. The van der Waals surface area contributed by atoms with Crippen LogP contribution in [0.3, 0.4) is 0 Å². The minimum absolute atomic E-state index is 0.316. The van der Waals surface area contributed by atoms with Gasteiger partial charge in [-0.15, -0.1) is 0 Å². The molecule has 0 saturated carbocycles. The first-order chi connectivity index (χ1) is 13.6. The van der Waals surface area contributed by atoms with Gasteiger partial charge in [-0.3, -0.25) is 20.1 Å². The van der Waals surface area contributed by atoms with Crippen LogP contribution in [-0.4, -0.2) is 20.9 Å². The van der Waals surface area contributed by atoms with Crippen LogP contribution >= 0.6 is 34.5 Å². The van der Waals surface area contributed by atoms with E-state index in [0.29, 0.717) is 32.1 Å². The zero-order valence-electron chi connectivity index (χ0n) is 14.3. The van der Waals surface area contributed by atoms with Gasteiger partial charge >= 0.3 is 0 Å². The summed E-state index contributed by atoms with van der Waals surface area (Å²) in [5.74, 6) is -0.326. The number of nitrogens with one attached hydrogen (secondary N) is 1. The molecule has 0 fully saturated rings. The maximum atomic E-state index is 12.6. The average Bonchev–Trinajstić information content (AvgIpc) is 3.15. The molecule has 3 aromatic heterocycles. The maximum absolute atomic E-state index is 12.6. The number of carbonyl (C=O) groups excluding carboxylic acids is 1. The molecule has 0 unspecified atom stereocenters. The van der Waals surface area contributed by atoms with Crippen molar-refractivity contribution in [3.05, 3.63) is 82.6 Å². The topological polar surface area (TPSA) is 67.8 Å². The zero-order valence-corrected chi connectivity index (χ0v) is 16.6. The van der Waals surface area contributed by atoms with Crippen LogP contribution in [0.4, 0.5) is 5.13 Å². The fourth-order valence-electron chi connectivity index (χ4n) is 2.53. The molecule has 138 valence electrons. The SMILES string of the molecule is O=C(Nc1nc(-c2ccccn2)c(-c2ccccn2)s1)c1ccc(Cl)c(Cl)c1. The molecule has 5 nitrogen and oxygen atoms in total. The van der Waals surface area contributed by atoms with Crippen molar-refractivity contribution in [2.75, 3.05) is 5.32 Å². The van der Waals surface area contributed by atoms with Gasteiger partial charge in [0.05, 0.1) is 26.3 Å². The predicted molar refractivity (Wildman–Crippen MR) is 113 cm³/mol. The lowest BCUT2D eigenvalue weighted by Gasteiger charge is -2.03. The van der Waals surface area contributed by atoms with Gasteiger partial charge in [-0.1, -0.05) is 46.7 Å². The van der Waals surface area contributed by atoms with Crippen LogP contribution in [0.5, 0.6) is 0 Å². The second kappa shape index (κ2) is 8.06. The van der Waals surface area contributed by atoms with Crippen molar-refractivity contribution in [3.63, 3.8) is 0 Å². The number of hydrogen-bond donors (Lipinski definition) is 1. The van der Waals surface area contributed by atoms with Crippen LogP contribution in [0, 0.1) is 0 Å². The Morgan fingerprint density at radius 3 is 2.25 bits per heavy atom. The van der Waals surface area contributed by atoms with Crippen molar-refractivity contribution in [1.82, 2.24) is 15.0 Å². The molecule has 1 N–H and O–H groups in total. The zero-order chi connectivity index (χ0) is 19.5. The Hall–Kier alpha value is -2.80. The fraction of sp³-hybridized carbons (Fsp3) is 0. The Labute approximate surface area is 175 Å². The van der Waals surface area contributed by atoms with Gasteiger partial charge in [0, 0.05) is 18.0 Å². The smallest absolute Gasteiger partial charge is 0.257 e. The minimum Gasteiger partial charge on any atom is -0.298 e. The predicted octanol–water partition coefficient (Wildman–Crippen LogP) is 5.83. The summed E-state index contributed by atoms with van der Waals surface area (Å²) in [6.45, 7) is 0. The van der Waals surface area contributed by atoms with Crippen LogP contribution in [-0.2, 0) is 0 Å². The van der Waals surface area contributed by atoms with Crippen molar-refractivity contribution in [3.8, 4) is 22.0 Å². The Morgan fingerprint density at radius 1 is 0.893 bits per heavy atom. The molecule has 1 amide bonds. The molecule has 0 bridgehead atoms. The van der Waals surface area contributed by atoms with Crippen LogP contribution in [0.25, 0.3) is 22.0 Å². The largest absolute Gasteiger partial charge is 0.298 e. The summed E-state index contributed by atoms with van der Waals surface area (Å²) >= 11 is 13.3. The molecule has 4 rings (SSSR count). The van der Waals surface area contributed by atoms with Crippen molar-refractivity contribution in [1.29, 1.82) is 0 Å². The summed E-state index contributed by atoms with van der Waals surface area (Å²) in [7, 11) is 0. The number of anilines is 1. The first-order valence-corrected chi connectivity index (χ1v) is 9.79. The van der Waals surface area contributed by atoms with E-state index in [2.05, 4.69) is 20.3 Å². The number of benzene rings is 1. The third-order valence-electron chi connectivity index (χ3n) is 3.83. The van der Waals surface area contributed by atoms with Crippen LogP contribution in [0.1, 0.15) is 10.4 Å². The molecular formula is C20H12Cl2N4OS. The number of carbonyl (C=O) groups is 1. The summed E-state index contributed by atoms with van der Waals surface area (Å²) < 4.78 is 0. The monoisotopic (exact) mass is 426 g/mol. The summed E-state index contributed by atoms with van der Waals surface area (Å²) in [6, 6.07) is 15.9. The van der Waals surface area contributed by atoms with Gasteiger partial charge in [-0.2, -0.15) is 0 Å². The highest BCUT2D eigenvalue weighted by atomic mass is 35.5. The molecule has 0 aliphatic carbocycles. The molecule has 0 saturated heterocycles. The standard InChI is InChI=1S/C20H12Cl2N4OS/c21-13-8-7-12(11-14(13)22)19(27)26-20-25-17(15-5-1-3-9-23-15)18(28-20)16-6-2-4-10-24-16/h1-11H,(H,25,26,27). The third kappa shape index (κ3) is 3.89. The molecule has 0 aliphatic heterocycles. The second-order valence-corrected chi connectivity index (χ2v) is 7.52. The van der Waals surface area contributed by atoms with E-state index in [1.54, 1.807) is 24.5 Å². The number of aromatic nitrogens is 3. The van der Waals surface area contributed by atoms with Gasteiger partial charge in [-0.25, -0.2) is 4.98 Å². The fourth-order valence-corrected chi connectivity index (χ4v) is 3.77. The molecule has 0 atom stereocenters. The molecule has 0 spiro atoms. The number of amides is 1. The van der Waals surface area contributed by atoms with E-state index in [9.17, 15) is 4.79 Å². The minimum atomic E-state index is -0.326. The summed E-state index contributed by atoms with van der Waals surface area (Å²) in [4.78, 5) is 26.8. The first-order valence-electron chi connectivity index (χ1n) is 8.22. The Morgan fingerprint density at radius 2 is 1.61 bits per heavy atom.